The number of hydrogen-bond donors (Lipinski definition) is 1. The van der Waals surface area contributed by atoms with Gasteiger partial charge in [-0.25, -0.2) is 0 Å². The van der Waals surface area contributed by atoms with Crippen LogP contribution in [0.2, 0.25) is 0 Å². The SMILES string of the molecule is CC1CCN(C(=O)c2cc(Br)cn2C)C(CN)C1. The molecule has 1 fully saturated rings. The highest BCUT2D eigenvalue weighted by Gasteiger charge is 2.30. The molecule has 2 heterocycles. The van der Waals surface area contributed by atoms with Crippen LogP contribution in [0.5, 0.6) is 0 Å². The lowest BCUT2D eigenvalue weighted by Crippen LogP contribution is -2.49. The Balaban J connectivity index is 2.20. The molecule has 18 heavy (non-hydrogen) atoms. The molecule has 100 valence electrons. The molecule has 0 spiro atoms. The van der Waals surface area contributed by atoms with E-state index < -0.39 is 0 Å². The highest BCUT2D eigenvalue weighted by molar-refractivity contribution is 9.10. The third kappa shape index (κ3) is 2.62. The summed E-state index contributed by atoms with van der Waals surface area (Å²) in [6.07, 6.45) is 3.97. The number of rotatable bonds is 2. The molecule has 0 aliphatic carbocycles. The zero-order chi connectivity index (χ0) is 13.3. The van der Waals surface area contributed by atoms with Crippen LogP contribution in [-0.4, -0.2) is 34.5 Å². The van der Waals surface area contributed by atoms with Crippen LogP contribution in [0.25, 0.3) is 0 Å². The normalized spacial score (nSPS) is 24.3. The maximum absolute atomic E-state index is 12.5. The van der Waals surface area contributed by atoms with Gasteiger partial charge in [-0.2, -0.15) is 0 Å². The molecule has 2 atom stereocenters. The van der Waals surface area contributed by atoms with Gasteiger partial charge < -0.3 is 15.2 Å². The number of piperidine rings is 1. The molecule has 2 unspecified atom stereocenters. The van der Waals surface area contributed by atoms with Gasteiger partial charge in [0.05, 0.1) is 0 Å². The number of aromatic nitrogens is 1. The third-order valence-electron chi connectivity index (χ3n) is 3.70. The van der Waals surface area contributed by atoms with Crippen molar-refractivity contribution in [1.82, 2.24) is 9.47 Å². The zero-order valence-corrected chi connectivity index (χ0v) is 12.5. The fourth-order valence-electron chi connectivity index (χ4n) is 2.63. The molecule has 1 aliphatic heterocycles. The third-order valence-corrected chi connectivity index (χ3v) is 4.14. The van der Waals surface area contributed by atoms with Gasteiger partial charge in [0.15, 0.2) is 0 Å². The van der Waals surface area contributed by atoms with Crippen molar-refractivity contribution in [2.45, 2.75) is 25.8 Å². The van der Waals surface area contributed by atoms with Gasteiger partial charge in [-0.1, -0.05) is 6.92 Å². The summed E-state index contributed by atoms with van der Waals surface area (Å²) in [6, 6.07) is 2.04. The molecule has 1 aliphatic rings. The molecule has 4 nitrogen and oxygen atoms in total. The number of hydrogen-bond acceptors (Lipinski definition) is 2. The van der Waals surface area contributed by atoms with E-state index in [1.54, 1.807) is 0 Å². The van der Waals surface area contributed by atoms with E-state index in [9.17, 15) is 4.79 Å². The summed E-state index contributed by atoms with van der Waals surface area (Å²) in [5.74, 6) is 0.744. The summed E-state index contributed by atoms with van der Waals surface area (Å²) in [7, 11) is 1.89. The molecular formula is C13H20BrN3O. The second kappa shape index (κ2) is 5.45. The zero-order valence-electron chi connectivity index (χ0n) is 10.9. The van der Waals surface area contributed by atoms with E-state index >= 15 is 0 Å². The average molecular weight is 314 g/mol. The minimum atomic E-state index is 0.0885. The van der Waals surface area contributed by atoms with E-state index in [-0.39, 0.29) is 11.9 Å². The molecule has 1 aromatic heterocycles. The number of carbonyl (C=O) groups excluding carboxylic acids is 1. The van der Waals surface area contributed by atoms with Gasteiger partial charge in [-0.05, 0) is 40.8 Å². The summed E-state index contributed by atoms with van der Waals surface area (Å²) in [5, 5.41) is 0. The van der Waals surface area contributed by atoms with Crippen LogP contribution in [0.3, 0.4) is 0 Å². The maximum atomic E-state index is 12.5. The molecule has 2 N–H and O–H groups in total. The van der Waals surface area contributed by atoms with Gasteiger partial charge in [0.2, 0.25) is 0 Å². The van der Waals surface area contributed by atoms with E-state index in [0.29, 0.717) is 12.5 Å². The monoisotopic (exact) mass is 313 g/mol. The van der Waals surface area contributed by atoms with Crippen LogP contribution >= 0.6 is 15.9 Å². The molecule has 0 saturated carbocycles. The van der Waals surface area contributed by atoms with Crippen molar-refractivity contribution >= 4 is 21.8 Å². The van der Waals surface area contributed by atoms with Gasteiger partial charge in [0.25, 0.3) is 5.91 Å². The number of nitrogens with zero attached hydrogens (tertiary/aromatic N) is 2. The Morgan fingerprint density at radius 2 is 2.33 bits per heavy atom. The first-order valence-corrected chi connectivity index (χ1v) is 7.15. The van der Waals surface area contributed by atoms with Gasteiger partial charge in [-0.15, -0.1) is 0 Å². The summed E-state index contributed by atoms with van der Waals surface area (Å²) in [6.45, 7) is 3.58. The molecule has 1 saturated heterocycles. The molecule has 2 rings (SSSR count). The first-order valence-electron chi connectivity index (χ1n) is 6.35. The number of amides is 1. The minimum Gasteiger partial charge on any atom is -0.345 e. The summed E-state index contributed by atoms with van der Waals surface area (Å²) < 4.78 is 2.79. The van der Waals surface area contributed by atoms with Gasteiger partial charge >= 0.3 is 0 Å². The van der Waals surface area contributed by atoms with Crippen molar-refractivity contribution in [3.63, 3.8) is 0 Å². The maximum Gasteiger partial charge on any atom is 0.270 e. The summed E-state index contributed by atoms with van der Waals surface area (Å²) >= 11 is 3.40. The Morgan fingerprint density at radius 3 is 2.89 bits per heavy atom. The van der Waals surface area contributed by atoms with Gasteiger partial charge in [0.1, 0.15) is 5.69 Å². The standard InChI is InChI=1S/C13H20BrN3O/c1-9-3-4-17(11(5-9)7-15)13(18)12-6-10(14)8-16(12)2/h6,8-9,11H,3-5,7,15H2,1-2H3. The Bertz CT molecular complexity index is 443. The number of likely N-dealkylation sites (tertiary alicyclic amines) is 1. The first-order chi connectivity index (χ1) is 8.52. The molecule has 1 aromatic rings. The second-order valence-electron chi connectivity index (χ2n) is 5.17. The largest absolute Gasteiger partial charge is 0.345 e. The van der Waals surface area contributed by atoms with Crippen LogP contribution in [-0.2, 0) is 7.05 Å². The van der Waals surface area contributed by atoms with E-state index in [4.69, 9.17) is 5.73 Å². The number of halogens is 1. The van der Waals surface area contributed by atoms with Crippen molar-refractivity contribution < 1.29 is 4.79 Å². The molecule has 1 amide bonds. The Morgan fingerprint density at radius 1 is 1.61 bits per heavy atom. The predicted octanol–water partition coefficient (Wildman–Crippen LogP) is 1.99. The van der Waals surface area contributed by atoms with Crippen molar-refractivity contribution in [3.8, 4) is 0 Å². The van der Waals surface area contributed by atoms with E-state index in [1.807, 2.05) is 28.8 Å². The molecule has 0 bridgehead atoms. The fourth-order valence-corrected chi connectivity index (χ4v) is 3.15. The van der Waals surface area contributed by atoms with Crippen molar-refractivity contribution in [2.24, 2.45) is 18.7 Å². The number of aryl methyl sites for hydroxylation is 1. The smallest absolute Gasteiger partial charge is 0.270 e. The van der Waals surface area contributed by atoms with Crippen molar-refractivity contribution in [1.29, 1.82) is 0 Å². The molecular weight excluding hydrogens is 294 g/mol. The first kappa shape index (κ1) is 13.6. The topological polar surface area (TPSA) is 51.3 Å². The van der Waals surface area contributed by atoms with Crippen LogP contribution in [0.15, 0.2) is 16.7 Å². The highest BCUT2D eigenvalue weighted by atomic mass is 79.9. The second-order valence-corrected chi connectivity index (χ2v) is 6.09. The van der Waals surface area contributed by atoms with Crippen LogP contribution in [0.4, 0.5) is 0 Å². The number of carbonyl (C=O) groups is 1. The molecule has 5 heteroatoms. The fraction of sp³-hybridized carbons (Fsp3) is 0.615. The quantitative estimate of drug-likeness (QED) is 0.907. The van der Waals surface area contributed by atoms with Gasteiger partial charge in [-0.3, -0.25) is 4.79 Å². The average Bonchev–Trinajstić information content (AvgIpc) is 2.67. The molecule has 0 aromatic carbocycles. The van der Waals surface area contributed by atoms with E-state index in [2.05, 4.69) is 22.9 Å². The van der Waals surface area contributed by atoms with Crippen molar-refractivity contribution in [2.75, 3.05) is 13.1 Å². The Kier molecular flexibility index (Phi) is 4.12. The lowest BCUT2D eigenvalue weighted by Gasteiger charge is -2.38. The minimum absolute atomic E-state index is 0.0885. The van der Waals surface area contributed by atoms with Crippen molar-refractivity contribution in [3.05, 3.63) is 22.4 Å². The number of nitrogens with two attached hydrogens (primary N) is 1. The van der Waals surface area contributed by atoms with E-state index in [1.165, 1.54) is 0 Å². The lowest BCUT2D eigenvalue weighted by molar-refractivity contribution is 0.0564. The highest BCUT2D eigenvalue weighted by Crippen LogP contribution is 2.24. The van der Waals surface area contributed by atoms with Crippen LogP contribution in [0, 0.1) is 5.92 Å². The molecule has 0 radical (unpaired) electrons. The summed E-state index contributed by atoms with van der Waals surface area (Å²) in [5.41, 5.74) is 6.52. The Hall–Kier alpha value is -0.810. The van der Waals surface area contributed by atoms with Crippen LogP contribution in [0.1, 0.15) is 30.3 Å². The lowest BCUT2D eigenvalue weighted by atomic mass is 9.92. The van der Waals surface area contributed by atoms with Gasteiger partial charge in [0, 0.05) is 36.8 Å². The Labute approximate surface area is 116 Å². The predicted molar refractivity (Wildman–Crippen MR) is 75.4 cm³/mol. The van der Waals surface area contributed by atoms with Crippen LogP contribution < -0.4 is 5.73 Å². The van der Waals surface area contributed by atoms with E-state index in [0.717, 1.165) is 29.6 Å². The summed E-state index contributed by atoms with van der Waals surface area (Å²) in [4.78, 5) is 14.5.